The topological polar surface area (TPSA) is 84.0 Å². The third-order valence-corrected chi connectivity index (χ3v) is 5.51. The van der Waals surface area contributed by atoms with Gasteiger partial charge in [0.25, 0.3) is 5.56 Å². The molecular weight excluding hydrogens is 354 g/mol. The zero-order valence-corrected chi connectivity index (χ0v) is 15.4. The van der Waals surface area contributed by atoms with Crippen molar-refractivity contribution in [2.24, 2.45) is 7.05 Å². The Kier molecular flexibility index (Phi) is 3.34. The van der Waals surface area contributed by atoms with Gasteiger partial charge in [0.2, 0.25) is 0 Å². The van der Waals surface area contributed by atoms with E-state index in [4.69, 9.17) is 0 Å². The molecule has 0 unspecified atom stereocenters. The van der Waals surface area contributed by atoms with Crippen LogP contribution in [0, 0.1) is 6.92 Å². The van der Waals surface area contributed by atoms with E-state index in [0.717, 1.165) is 16.7 Å². The Morgan fingerprint density at radius 2 is 1.71 bits per heavy atom. The number of benzene rings is 2. The summed E-state index contributed by atoms with van der Waals surface area (Å²) < 4.78 is 1.38. The van der Waals surface area contributed by atoms with Gasteiger partial charge >= 0.3 is 5.69 Å². The number of allylic oxidation sites excluding steroid dienone is 1. The van der Waals surface area contributed by atoms with Crippen molar-refractivity contribution in [3.63, 3.8) is 0 Å². The van der Waals surface area contributed by atoms with Crippen LogP contribution in [0.15, 0.2) is 63.7 Å². The molecule has 2 aliphatic rings. The minimum atomic E-state index is -0.554. The summed E-state index contributed by atoms with van der Waals surface area (Å²) in [6, 6.07) is 15.1. The Morgan fingerprint density at radius 1 is 0.964 bits per heavy atom. The van der Waals surface area contributed by atoms with Crippen LogP contribution in [0.25, 0.3) is 5.70 Å². The Morgan fingerprint density at radius 3 is 2.46 bits per heavy atom. The summed E-state index contributed by atoms with van der Waals surface area (Å²) >= 11 is 0. The van der Waals surface area contributed by atoms with E-state index in [0.29, 0.717) is 28.2 Å². The Balaban J connectivity index is 1.88. The van der Waals surface area contributed by atoms with Crippen molar-refractivity contribution < 1.29 is 4.79 Å². The first kappa shape index (κ1) is 16.5. The number of nitrogens with zero attached hydrogens (tertiary/aromatic N) is 1. The predicted molar refractivity (Wildman–Crippen MR) is 107 cm³/mol. The standard InChI is InChI=1S/C22H17N3O3/c1-11-6-5-7-12(10-11)15-16-18(13-8-3-4-9-14(13)19(16)26)23-20-17(15)21(27)24-22(28)25(20)2/h3-10,15,23H,1-2H3,(H,24,27,28)/t15-/m1/s1. The van der Waals surface area contributed by atoms with E-state index in [1.54, 1.807) is 13.1 Å². The summed E-state index contributed by atoms with van der Waals surface area (Å²) in [5.41, 5.74) is 3.89. The molecule has 0 saturated heterocycles. The number of carbonyl (C=O) groups is 1. The second kappa shape index (κ2) is 5.66. The molecule has 6 nitrogen and oxygen atoms in total. The highest BCUT2D eigenvalue weighted by atomic mass is 16.2. The lowest BCUT2D eigenvalue weighted by atomic mass is 9.81. The number of Topliss-reactive ketones (excluding diaryl/α,β-unsaturated/α-hetero) is 1. The van der Waals surface area contributed by atoms with Crippen LogP contribution in [0.4, 0.5) is 5.82 Å². The fourth-order valence-electron chi connectivity index (χ4n) is 4.22. The van der Waals surface area contributed by atoms with Gasteiger partial charge in [0.05, 0.1) is 11.3 Å². The van der Waals surface area contributed by atoms with Gasteiger partial charge in [-0.25, -0.2) is 4.79 Å². The third-order valence-electron chi connectivity index (χ3n) is 5.51. The lowest BCUT2D eigenvalue weighted by Gasteiger charge is -2.29. The molecule has 28 heavy (non-hydrogen) atoms. The smallest absolute Gasteiger partial charge is 0.329 e. The molecule has 0 fully saturated rings. The molecule has 1 aliphatic carbocycles. The number of anilines is 1. The average Bonchev–Trinajstić information content (AvgIpc) is 2.97. The van der Waals surface area contributed by atoms with Crippen molar-refractivity contribution in [3.8, 4) is 0 Å². The number of aromatic amines is 1. The summed E-state index contributed by atoms with van der Waals surface area (Å²) in [4.78, 5) is 40.7. The number of nitrogens with one attached hydrogen (secondary N) is 2. The molecule has 0 spiro atoms. The van der Waals surface area contributed by atoms with Crippen molar-refractivity contribution >= 4 is 17.3 Å². The van der Waals surface area contributed by atoms with Gasteiger partial charge in [-0.05, 0) is 12.5 Å². The Bertz CT molecular complexity index is 1330. The maximum absolute atomic E-state index is 13.3. The lowest BCUT2D eigenvalue weighted by Crippen LogP contribution is -2.37. The minimum absolute atomic E-state index is 0.0940. The summed E-state index contributed by atoms with van der Waals surface area (Å²) in [5.74, 6) is -0.228. The zero-order chi connectivity index (χ0) is 19.6. The van der Waals surface area contributed by atoms with Crippen molar-refractivity contribution in [2.75, 3.05) is 5.32 Å². The van der Waals surface area contributed by atoms with Gasteiger partial charge in [0, 0.05) is 29.7 Å². The number of aryl methyl sites for hydroxylation is 1. The number of ketones is 1. The van der Waals surface area contributed by atoms with Gasteiger partial charge in [-0.15, -0.1) is 0 Å². The molecule has 1 aromatic heterocycles. The van der Waals surface area contributed by atoms with Crippen LogP contribution < -0.4 is 16.6 Å². The van der Waals surface area contributed by atoms with Gasteiger partial charge < -0.3 is 5.32 Å². The van der Waals surface area contributed by atoms with Crippen molar-refractivity contribution in [3.05, 3.63) is 103 Å². The van der Waals surface area contributed by atoms with Crippen LogP contribution in [-0.2, 0) is 7.05 Å². The largest absolute Gasteiger partial charge is 0.340 e. The maximum Gasteiger partial charge on any atom is 0.329 e. The molecule has 0 bridgehead atoms. The predicted octanol–water partition coefficient (Wildman–Crippen LogP) is 2.55. The molecule has 2 heterocycles. The molecule has 0 radical (unpaired) electrons. The van der Waals surface area contributed by atoms with Crippen LogP contribution >= 0.6 is 0 Å². The SMILES string of the molecule is Cc1cccc([C@@H]2C3=C(Nc4c2c(=O)[nH]c(=O)n4C)c2ccccc2C3=O)c1. The van der Waals surface area contributed by atoms with E-state index in [1.807, 2.05) is 49.4 Å². The Hall–Kier alpha value is -3.67. The van der Waals surface area contributed by atoms with Gasteiger partial charge in [-0.3, -0.25) is 19.1 Å². The first-order valence-electron chi connectivity index (χ1n) is 9.02. The number of hydrogen-bond donors (Lipinski definition) is 2. The van der Waals surface area contributed by atoms with Crippen LogP contribution in [0.5, 0.6) is 0 Å². The van der Waals surface area contributed by atoms with Crippen molar-refractivity contribution in [1.29, 1.82) is 0 Å². The van der Waals surface area contributed by atoms with E-state index in [9.17, 15) is 14.4 Å². The molecule has 1 aliphatic heterocycles. The number of aromatic nitrogens is 2. The quantitative estimate of drug-likeness (QED) is 0.689. The highest BCUT2D eigenvalue weighted by Gasteiger charge is 2.42. The molecule has 6 heteroatoms. The van der Waals surface area contributed by atoms with Gasteiger partial charge in [-0.1, -0.05) is 54.1 Å². The van der Waals surface area contributed by atoms with Crippen LogP contribution in [-0.4, -0.2) is 15.3 Å². The summed E-state index contributed by atoms with van der Waals surface area (Å²) in [6.07, 6.45) is 0. The van der Waals surface area contributed by atoms with E-state index in [-0.39, 0.29) is 5.78 Å². The normalized spacial score (nSPS) is 17.1. The highest BCUT2D eigenvalue weighted by molar-refractivity contribution is 6.23. The van der Waals surface area contributed by atoms with Gasteiger partial charge in [0.1, 0.15) is 5.82 Å². The number of hydrogen-bond acceptors (Lipinski definition) is 4. The lowest BCUT2D eigenvalue weighted by molar-refractivity contribution is 0.103. The van der Waals surface area contributed by atoms with Gasteiger partial charge in [-0.2, -0.15) is 0 Å². The molecule has 0 amide bonds. The maximum atomic E-state index is 13.3. The second-order valence-electron chi connectivity index (χ2n) is 7.22. The first-order valence-corrected chi connectivity index (χ1v) is 9.02. The fraction of sp³-hybridized carbons (Fsp3) is 0.136. The summed E-state index contributed by atoms with van der Waals surface area (Å²) in [7, 11) is 1.60. The number of rotatable bonds is 1. The molecule has 0 saturated carbocycles. The van der Waals surface area contributed by atoms with E-state index < -0.39 is 17.2 Å². The number of fused-ring (bicyclic) bond motifs is 3. The average molecular weight is 371 g/mol. The molecule has 1 atom stereocenters. The molecule has 2 aromatic carbocycles. The van der Waals surface area contributed by atoms with Crippen molar-refractivity contribution in [1.82, 2.24) is 9.55 Å². The Labute approximate surface area is 160 Å². The first-order chi connectivity index (χ1) is 13.5. The van der Waals surface area contributed by atoms with Crippen LogP contribution in [0.3, 0.4) is 0 Å². The third kappa shape index (κ3) is 2.11. The number of H-pyrrole nitrogens is 1. The van der Waals surface area contributed by atoms with E-state index >= 15 is 0 Å². The monoisotopic (exact) mass is 371 g/mol. The summed E-state index contributed by atoms with van der Waals surface area (Å²) in [5, 5.41) is 3.21. The molecule has 5 rings (SSSR count). The minimum Gasteiger partial charge on any atom is -0.340 e. The number of carbonyl (C=O) groups excluding carboxylic acids is 1. The van der Waals surface area contributed by atoms with Crippen molar-refractivity contribution in [2.45, 2.75) is 12.8 Å². The molecule has 138 valence electrons. The highest BCUT2D eigenvalue weighted by Crippen LogP contribution is 2.47. The molecule has 2 N–H and O–H groups in total. The summed E-state index contributed by atoms with van der Waals surface area (Å²) in [6.45, 7) is 1.97. The molecule has 3 aromatic rings. The zero-order valence-electron chi connectivity index (χ0n) is 15.4. The molecular formula is C22H17N3O3. The van der Waals surface area contributed by atoms with Gasteiger partial charge in [0.15, 0.2) is 5.78 Å². The second-order valence-corrected chi connectivity index (χ2v) is 7.22. The fourth-order valence-corrected chi connectivity index (χ4v) is 4.22. The van der Waals surface area contributed by atoms with E-state index in [1.165, 1.54) is 4.57 Å². The van der Waals surface area contributed by atoms with Crippen LogP contribution in [0.2, 0.25) is 0 Å². The van der Waals surface area contributed by atoms with Crippen LogP contribution in [0.1, 0.15) is 38.5 Å². The van der Waals surface area contributed by atoms with E-state index in [2.05, 4.69) is 10.3 Å².